The molecular formula is C14H18FNO5. The van der Waals surface area contributed by atoms with Crippen molar-refractivity contribution in [1.82, 2.24) is 5.32 Å². The number of halogens is 1. The molecule has 21 heavy (non-hydrogen) atoms. The van der Waals surface area contributed by atoms with Gasteiger partial charge in [-0.3, -0.25) is 0 Å². The van der Waals surface area contributed by atoms with Gasteiger partial charge in [0.25, 0.3) is 0 Å². The van der Waals surface area contributed by atoms with E-state index in [1.54, 1.807) is 20.8 Å². The quantitative estimate of drug-likeness (QED) is 0.836. The average Bonchev–Trinajstić information content (AvgIpc) is 2.33. The fraction of sp³-hybridized carbons (Fsp3) is 0.429. The Morgan fingerprint density at radius 3 is 2.43 bits per heavy atom. The number of ether oxygens (including phenoxy) is 2. The summed E-state index contributed by atoms with van der Waals surface area (Å²) in [6, 6.07) is 1.85. The Labute approximate surface area is 121 Å². The number of hydrogen-bond donors (Lipinski definition) is 2. The highest BCUT2D eigenvalue weighted by atomic mass is 19.1. The molecular weight excluding hydrogens is 281 g/mol. The molecule has 6 nitrogen and oxygen atoms in total. The molecule has 0 aromatic heterocycles. The molecule has 1 aromatic rings. The fourth-order valence-corrected chi connectivity index (χ4v) is 1.56. The van der Waals surface area contributed by atoms with Crippen LogP contribution in [0.2, 0.25) is 0 Å². The second-order valence-electron chi connectivity index (χ2n) is 5.31. The Balaban J connectivity index is 3.01. The maximum atomic E-state index is 13.8. The van der Waals surface area contributed by atoms with Crippen LogP contribution in [-0.2, 0) is 14.3 Å². The van der Waals surface area contributed by atoms with Crippen LogP contribution >= 0.6 is 0 Å². The number of phenolic OH excluding ortho intramolecular Hbond substituents is 1. The molecule has 1 amide bonds. The van der Waals surface area contributed by atoms with E-state index in [1.165, 1.54) is 12.1 Å². The van der Waals surface area contributed by atoms with Crippen LogP contribution in [0.15, 0.2) is 18.2 Å². The smallest absolute Gasteiger partial charge is 0.408 e. The summed E-state index contributed by atoms with van der Waals surface area (Å²) in [7, 11) is 1.12. The Hall–Kier alpha value is -2.31. The lowest BCUT2D eigenvalue weighted by atomic mass is 10.1. The van der Waals surface area contributed by atoms with E-state index in [9.17, 15) is 19.1 Å². The van der Waals surface area contributed by atoms with Crippen LogP contribution in [0.1, 0.15) is 32.4 Å². The van der Waals surface area contributed by atoms with E-state index in [0.29, 0.717) is 0 Å². The van der Waals surface area contributed by atoms with Crippen LogP contribution in [0, 0.1) is 5.82 Å². The van der Waals surface area contributed by atoms with Crippen LogP contribution in [0.4, 0.5) is 9.18 Å². The van der Waals surface area contributed by atoms with Crippen molar-refractivity contribution in [2.75, 3.05) is 7.11 Å². The van der Waals surface area contributed by atoms with Crippen molar-refractivity contribution in [2.24, 2.45) is 0 Å². The zero-order chi connectivity index (χ0) is 16.2. The van der Waals surface area contributed by atoms with Crippen LogP contribution in [0.3, 0.4) is 0 Å². The predicted molar refractivity (Wildman–Crippen MR) is 72.2 cm³/mol. The third-order valence-corrected chi connectivity index (χ3v) is 2.39. The lowest BCUT2D eigenvalue weighted by Crippen LogP contribution is -2.38. The second-order valence-corrected chi connectivity index (χ2v) is 5.31. The molecule has 0 heterocycles. The average molecular weight is 299 g/mol. The highest BCUT2D eigenvalue weighted by Gasteiger charge is 2.28. The molecule has 0 radical (unpaired) electrons. The highest BCUT2D eigenvalue weighted by Crippen LogP contribution is 2.23. The van der Waals surface area contributed by atoms with Gasteiger partial charge in [-0.05, 0) is 32.9 Å². The number of alkyl carbamates (subject to hydrolysis) is 1. The molecule has 1 rings (SSSR count). The first kappa shape index (κ1) is 16.7. The van der Waals surface area contributed by atoms with E-state index >= 15 is 0 Å². The largest absolute Gasteiger partial charge is 0.508 e. The topological polar surface area (TPSA) is 84.9 Å². The zero-order valence-electron chi connectivity index (χ0n) is 12.3. The van der Waals surface area contributed by atoms with Gasteiger partial charge in [0, 0.05) is 11.6 Å². The first-order valence-electron chi connectivity index (χ1n) is 6.20. The van der Waals surface area contributed by atoms with Crippen molar-refractivity contribution >= 4 is 12.1 Å². The number of methoxy groups -OCH3 is 1. The summed E-state index contributed by atoms with van der Waals surface area (Å²) < 4.78 is 23.4. The van der Waals surface area contributed by atoms with Gasteiger partial charge in [0.05, 0.1) is 7.11 Å². The van der Waals surface area contributed by atoms with Crippen molar-refractivity contribution < 1.29 is 28.6 Å². The molecule has 1 atom stereocenters. The summed E-state index contributed by atoms with van der Waals surface area (Å²) in [6.07, 6.45) is -0.884. The van der Waals surface area contributed by atoms with Crippen molar-refractivity contribution in [3.63, 3.8) is 0 Å². The number of benzene rings is 1. The zero-order valence-corrected chi connectivity index (χ0v) is 12.3. The van der Waals surface area contributed by atoms with Crippen LogP contribution in [-0.4, -0.2) is 29.9 Å². The number of carbonyl (C=O) groups excluding carboxylic acids is 2. The van der Waals surface area contributed by atoms with Crippen LogP contribution < -0.4 is 5.32 Å². The van der Waals surface area contributed by atoms with Gasteiger partial charge in [0.1, 0.15) is 17.2 Å². The van der Waals surface area contributed by atoms with Crippen LogP contribution in [0.25, 0.3) is 0 Å². The van der Waals surface area contributed by atoms with Crippen molar-refractivity contribution in [3.8, 4) is 5.75 Å². The maximum absolute atomic E-state index is 13.8. The van der Waals surface area contributed by atoms with E-state index in [4.69, 9.17) is 4.74 Å². The van der Waals surface area contributed by atoms with Crippen molar-refractivity contribution in [2.45, 2.75) is 32.4 Å². The number of rotatable bonds is 3. The number of amides is 1. The number of nitrogens with one attached hydrogen (secondary N) is 1. The number of aromatic hydroxyl groups is 1. The predicted octanol–water partition coefficient (Wildman–Crippen LogP) is 2.27. The van der Waals surface area contributed by atoms with E-state index in [1.807, 2.05) is 0 Å². The summed E-state index contributed by atoms with van der Waals surface area (Å²) in [6.45, 7) is 4.96. The first-order chi connectivity index (χ1) is 9.64. The van der Waals surface area contributed by atoms with Gasteiger partial charge < -0.3 is 19.9 Å². The summed E-state index contributed by atoms with van der Waals surface area (Å²) in [5, 5.41) is 11.4. The number of hydrogen-bond acceptors (Lipinski definition) is 5. The summed E-state index contributed by atoms with van der Waals surface area (Å²) in [5.41, 5.74) is -0.899. The Morgan fingerprint density at radius 2 is 1.95 bits per heavy atom. The highest BCUT2D eigenvalue weighted by molar-refractivity contribution is 5.82. The molecule has 2 N–H and O–H groups in total. The Morgan fingerprint density at radius 1 is 1.33 bits per heavy atom. The Kier molecular flexibility index (Phi) is 5.12. The standard InChI is InChI=1S/C14H18FNO5/c1-14(2,3)21-13(19)16-11(12(18)20-4)9-6-5-8(17)7-10(9)15/h5-7,11,17H,1-4H3,(H,16,19). The molecule has 0 spiro atoms. The third kappa shape index (κ3) is 4.94. The summed E-state index contributed by atoms with van der Waals surface area (Å²) >= 11 is 0. The molecule has 0 aliphatic rings. The molecule has 116 valence electrons. The SMILES string of the molecule is COC(=O)C(NC(=O)OC(C)(C)C)c1ccc(O)cc1F. The molecule has 1 unspecified atom stereocenters. The normalized spacial score (nSPS) is 12.4. The third-order valence-electron chi connectivity index (χ3n) is 2.39. The van der Waals surface area contributed by atoms with Gasteiger partial charge in [-0.25, -0.2) is 14.0 Å². The Bertz CT molecular complexity index is 539. The van der Waals surface area contributed by atoms with Crippen LogP contribution in [0.5, 0.6) is 5.75 Å². The van der Waals surface area contributed by atoms with Crippen molar-refractivity contribution in [3.05, 3.63) is 29.6 Å². The molecule has 0 aliphatic carbocycles. The van der Waals surface area contributed by atoms with Gasteiger partial charge in [0.2, 0.25) is 0 Å². The monoisotopic (exact) mass is 299 g/mol. The minimum Gasteiger partial charge on any atom is -0.508 e. The van der Waals surface area contributed by atoms with Gasteiger partial charge in [-0.1, -0.05) is 0 Å². The van der Waals surface area contributed by atoms with Gasteiger partial charge in [0.15, 0.2) is 6.04 Å². The lowest BCUT2D eigenvalue weighted by Gasteiger charge is -2.23. The first-order valence-corrected chi connectivity index (χ1v) is 6.20. The molecule has 7 heteroatoms. The minimum absolute atomic E-state index is 0.134. The fourth-order valence-electron chi connectivity index (χ4n) is 1.56. The lowest BCUT2D eigenvalue weighted by molar-refractivity contribution is -0.143. The second kappa shape index (κ2) is 6.43. The van der Waals surface area contributed by atoms with E-state index in [2.05, 4.69) is 10.1 Å². The molecule has 0 fully saturated rings. The van der Waals surface area contributed by atoms with E-state index < -0.39 is 29.5 Å². The molecule has 1 aromatic carbocycles. The molecule has 0 saturated carbocycles. The van der Waals surface area contributed by atoms with E-state index in [0.717, 1.165) is 13.2 Å². The molecule has 0 saturated heterocycles. The molecule has 0 bridgehead atoms. The minimum atomic E-state index is -1.37. The summed E-state index contributed by atoms with van der Waals surface area (Å²) in [4.78, 5) is 23.5. The molecule has 0 aliphatic heterocycles. The number of carbonyl (C=O) groups is 2. The number of phenols is 1. The van der Waals surface area contributed by atoms with E-state index in [-0.39, 0.29) is 11.3 Å². The summed E-state index contributed by atoms with van der Waals surface area (Å²) in [5.74, 6) is -2.00. The van der Waals surface area contributed by atoms with Gasteiger partial charge in [-0.2, -0.15) is 0 Å². The van der Waals surface area contributed by atoms with Gasteiger partial charge in [-0.15, -0.1) is 0 Å². The van der Waals surface area contributed by atoms with Crippen molar-refractivity contribution in [1.29, 1.82) is 0 Å². The number of esters is 1. The maximum Gasteiger partial charge on any atom is 0.408 e. The van der Waals surface area contributed by atoms with Gasteiger partial charge >= 0.3 is 12.1 Å².